The molecule has 4 rings (SSSR count). The maximum atomic E-state index is 13.2. The fourth-order valence-corrected chi connectivity index (χ4v) is 3.54. The van der Waals surface area contributed by atoms with Crippen molar-refractivity contribution in [1.82, 2.24) is 0 Å². The number of para-hydroxylation sites is 2. The van der Waals surface area contributed by atoms with Crippen LogP contribution < -0.4 is 15.0 Å². The van der Waals surface area contributed by atoms with Crippen LogP contribution in [-0.2, 0) is 14.3 Å². The molecule has 0 fully saturated rings. The molecule has 1 aliphatic rings. The third-order valence-corrected chi connectivity index (χ3v) is 5.19. The maximum absolute atomic E-state index is 13.2. The topological polar surface area (TPSA) is 84.9 Å². The Bertz CT molecular complexity index is 1270. The van der Waals surface area contributed by atoms with Crippen LogP contribution in [0, 0.1) is 0 Å². The van der Waals surface area contributed by atoms with E-state index in [2.05, 4.69) is 5.32 Å². The van der Waals surface area contributed by atoms with Crippen molar-refractivity contribution in [3.05, 3.63) is 95.2 Å². The molecular weight excluding hydrogens is 456 g/mol. The number of hydrogen-bond acceptors (Lipinski definition) is 6. The van der Waals surface area contributed by atoms with Crippen molar-refractivity contribution in [3.8, 4) is 11.5 Å². The predicted octanol–water partition coefficient (Wildman–Crippen LogP) is 5.48. The molecule has 0 atom stereocenters. The number of ether oxygens (including phenoxy) is 2. The highest BCUT2D eigenvalue weighted by molar-refractivity contribution is 6.53. The number of rotatable bonds is 7. The predicted molar refractivity (Wildman–Crippen MR) is 129 cm³/mol. The summed E-state index contributed by atoms with van der Waals surface area (Å²) in [4.78, 5) is 39.4. The van der Waals surface area contributed by atoms with Crippen molar-refractivity contribution in [2.45, 2.75) is 20.0 Å². The van der Waals surface area contributed by atoms with Gasteiger partial charge in [-0.2, -0.15) is 0 Å². The quantitative estimate of drug-likeness (QED) is 0.359. The van der Waals surface area contributed by atoms with Gasteiger partial charge in [0.25, 0.3) is 11.8 Å². The summed E-state index contributed by atoms with van der Waals surface area (Å²) in [5.41, 5.74) is 0.634. The Kier molecular flexibility index (Phi) is 6.65. The number of nitrogens with one attached hydrogen (secondary N) is 1. The van der Waals surface area contributed by atoms with Crippen molar-refractivity contribution >= 4 is 40.8 Å². The number of carbonyl (C=O) groups is 3. The van der Waals surface area contributed by atoms with E-state index in [9.17, 15) is 14.4 Å². The molecule has 0 aromatic heterocycles. The first-order chi connectivity index (χ1) is 16.3. The van der Waals surface area contributed by atoms with Crippen LogP contribution in [0.25, 0.3) is 0 Å². The zero-order chi connectivity index (χ0) is 24.2. The van der Waals surface area contributed by atoms with Crippen molar-refractivity contribution in [2.24, 2.45) is 0 Å². The first kappa shape index (κ1) is 23.1. The van der Waals surface area contributed by atoms with Gasteiger partial charge in [0.15, 0.2) is 0 Å². The smallest absolute Gasteiger partial charge is 0.340 e. The van der Waals surface area contributed by atoms with Gasteiger partial charge in [-0.25, -0.2) is 9.69 Å². The van der Waals surface area contributed by atoms with Crippen molar-refractivity contribution in [1.29, 1.82) is 0 Å². The number of carbonyl (C=O) groups excluding carboxylic acids is 3. The summed E-state index contributed by atoms with van der Waals surface area (Å²) < 4.78 is 11.0. The molecule has 1 heterocycles. The molecule has 0 saturated heterocycles. The number of hydrogen-bond donors (Lipinski definition) is 1. The maximum Gasteiger partial charge on any atom is 0.340 e. The van der Waals surface area contributed by atoms with E-state index in [0.717, 1.165) is 4.90 Å². The number of benzene rings is 3. The highest BCUT2D eigenvalue weighted by Crippen LogP contribution is 2.33. The number of amides is 2. The monoisotopic (exact) mass is 476 g/mol. The fourth-order valence-electron chi connectivity index (χ4n) is 3.32. The van der Waals surface area contributed by atoms with Crippen LogP contribution >= 0.6 is 11.6 Å². The van der Waals surface area contributed by atoms with Crippen LogP contribution in [0.4, 0.5) is 11.4 Å². The Morgan fingerprint density at radius 2 is 1.47 bits per heavy atom. The van der Waals surface area contributed by atoms with E-state index in [1.807, 2.05) is 30.3 Å². The highest BCUT2D eigenvalue weighted by Gasteiger charge is 2.40. The first-order valence-corrected chi connectivity index (χ1v) is 10.9. The van der Waals surface area contributed by atoms with Gasteiger partial charge >= 0.3 is 5.97 Å². The van der Waals surface area contributed by atoms with Gasteiger partial charge in [0.1, 0.15) is 22.2 Å². The molecule has 0 bridgehead atoms. The van der Waals surface area contributed by atoms with Gasteiger partial charge in [-0.3, -0.25) is 9.59 Å². The average molecular weight is 477 g/mol. The summed E-state index contributed by atoms with van der Waals surface area (Å²) in [5.74, 6) is -0.758. The van der Waals surface area contributed by atoms with Crippen molar-refractivity contribution < 1.29 is 23.9 Å². The minimum absolute atomic E-state index is 0.0876. The lowest BCUT2D eigenvalue weighted by molar-refractivity contribution is -0.120. The van der Waals surface area contributed by atoms with Gasteiger partial charge in [0.05, 0.1) is 17.4 Å². The minimum Gasteiger partial charge on any atom is -0.459 e. The van der Waals surface area contributed by atoms with Gasteiger partial charge in [-0.05, 0) is 62.4 Å². The average Bonchev–Trinajstić information content (AvgIpc) is 3.03. The SMILES string of the molecule is CC(C)OC(=O)c1ccccc1N1C(=O)C(Cl)=C(Nc2ccc(Oc3ccccc3)cc2)C1=O. The molecule has 172 valence electrons. The molecule has 0 radical (unpaired) electrons. The number of nitrogens with zero attached hydrogens (tertiary/aromatic N) is 1. The highest BCUT2D eigenvalue weighted by atomic mass is 35.5. The number of esters is 1. The van der Waals surface area contributed by atoms with Crippen LogP contribution in [0.15, 0.2) is 89.6 Å². The summed E-state index contributed by atoms with van der Waals surface area (Å²) in [5, 5.41) is 2.63. The molecular formula is C26H21ClN2O5. The lowest BCUT2D eigenvalue weighted by Crippen LogP contribution is -2.33. The number of imide groups is 1. The molecule has 0 aliphatic carbocycles. The molecule has 3 aromatic rings. The second-order valence-electron chi connectivity index (χ2n) is 7.67. The van der Waals surface area contributed by atoms with Crippen LogP contribution in [0.2, 0.25) is 0 Å². The molecule has 8 heteroatoms. The molecule has 0 spiro atoms. The van der Waals surface area contributed by atoms with E-state index < -0.39 is 17.8 Å². The normalized spacial score (nSPS) is 13.5. The Balaban J connectivity index is 1.54. The fraction of sp³-hybridized carbons (Fsp3) is 0.115. The van der Waals surface area contributed by atoms with E-state index in [1.165, 1.54) is 12.1 Å². The number of anilines is 2. The van der Waals surface area contributed by atoms with Crippen LogP contribution in [0.1, 0.15) is 24.2 Å². The number of halogens is 1. The van der Waals surface area contributed by atoms with E-state index in [-0.39, 0.29) is 28.1 Å². The van der Waals surface area contributed by atoms with E-state index in [1.54, 1.807) is 50.2 Å². The molecule has 0 saturated carbocycles. The second kappa shape index (κ2) is 9.80. The molecule has 2 amide bonds. The Hall–Kier alpha value is -4.10. The molecule has 3 aromatic carbocycles. The Labute approximate surface area is 201 Å². The Morgan fingerprint density at radius 1 is 0.853 bits per heavy atom. The third-order valence-electron chi connectivity index (χ3n) is 4.84. The van der Waals surface area contributed by atoms with E-state index in [4.69, 9.17) is 21.1 Å². The summed E-state index contributed by atoms with van der Waals surface area (Å²) in [6.45, 7) is 3.42. The van der Waals surface area contributed by atoms with Gasteiger partial charge in [0.2, 0.25) is 0 Å². The summed E-state index contributed by atoms with van der Waals surface area (Å²) in [7, 11) is 0. The molecule has 1 aliphatic heterocycles. The van der Waals surface area contributed by atoms with Crippen LogP contribution in [-0.4, -0.2) is 23.9 Å². The zero-order valence-electron chi connectivity index (χ0n) is 18.4. The summed E-state index contributed by atoms with van der Waals surface area (Å²) in [6.07, 6.45) is -0.363. The largest absolute Gasteiger partial charge is 0.459 e. The molecule has 1 N–H and O–H groups in total. The van der Waals surface area contributed by atoms with Crippen molar-refractivity contribution in [3.63, 3.8) is 0 Å². The van der Waals surface area contributed by atoms with Crippen molar-refractivity contribution in [2.75, 3.05) is 10.2 Å². The van der Waals surface area contributed by atoms with E-state index >= 15 is 0 Å². The van der Waals surface area contributed by atoms with Crippen LogP contribution in [0.5, 0.6) is 11.5 Å². The van der Waals surface area contributed by atoms with E-state index in [0.29, 0.717) is 17.2 Å². The summed E-state index contributed by atoms with van der Waals surface area (Å²) in [6, 6.07) is 22.4. The Morgan fingerprint density at radius 3 is 2.15 bits per heavy atom. The van der Waals surface area contributed by atoms with Gasteiger partial charge in [-0.1, -0.05) is 41.9 Å². The lowest BCUT2D eigenvalue weighted by Gasteiger charge is -2.19. The lowest BCUT2D eigenvalue weighted by atomic mass is 10.1. The standard InChI is InChI=1S/C26H21ClN2O5/c1-16(2)33-26(32)20-10-6-7-11-21(20)29-24(30)22(27)23(25(29)31)28-17-12-14-19(15-13-17)34-18-8-4-3-5-9-18/h3-16,28H,1-2H3. The third kappa shape index (κ3) is 4.79. The summed E-state index contributed by atoms with van der Waals surface area (Å²) >= 11 is 6.24. The minimum atomic E-state index is -0.733. The van der Waals surface area contributed by atoms with Gasteiger partial charge in [-0.15, -0.1) is 0 Å². The first-order valence-electron chi connectivity index (χ1n) is 10.5. The molecule has 0 unspecified atom stereocenters. The molecule has 34 heavy (non-hydrogen) atoms. The van der Waals surface area contributed by atoms with Crippen LogP contribution in [0.3, 0.4) is 0 Å². The molecule has 7 nitrogen and oxygen atoms in total. The van der Waals surface area contributed by atoms with Gasteiger partial charge in [0, 0.05) is 5.69 Å². The zero-order valence-corrected chi connectivity index (χ0v) is 19.2. The van der Waals surface area contributed by atoms with Gasteiger partial charge < -0.3 is 14.8 Å². The second-order valence-corrected chi connectivity index (χ2v) is 8.05.